The molecule has 0 radical (unpaired) electrons. The van der Waals surface area contributed by atoms with Gasteiger partial charge < -0.3 is 39.4 Å². The third-order valence-electron chi connectivity index (χ3n) is 10.4. The van der Waals surface area contributed by atoms with Gasteiger partial charge in [-0.05, 0) is 53.1 Å². The van der Waals surface area contributed by atoms with Crippen molar-refractivity contribution in [2.24, 2.45) is 5.92 Å². The van der Waals surface area contributed by atoms with E-state index >= 15 is 4.79 Å². The molecular weight excluding hydrogens is 664 g/mol. The van der Waals surface area contributed by atoms with Gasteiger partial charge in [0, 0.05) is 82.3 Å². The van der Waals surface area contributed by atoms with E-state index in [1.165, 1.54) is 0 Å². The molecule has 2 aliphatic heterocycles. The van der Waals surface area contributed by atoms with Crippen LogP contribution in [0.2, 0.25) is 0 Å². The largest absolute Gasteiger partial charge is 0.493 e. The molecule has 4 heterocycles. The molecule has 3 aliphatic rings. The molecule has 14 nitrogen and oxygen atoms in total. The van der Waals surface area contributed by atoms with E-state index in [-0.39, 0.29) is 24.3 Å². The third kappa shape index (κ3) is 6.59. The monoisotopic (exact) mass is 708 g/mol. The van der Waals surface area contributed by atoms with E-state index in [9.17, 15) is 4.79 Å². The number of hydrogen-bond acceptors (Lipinski definition) is 12. The molecule has 0 spiro atoms. The van der Waals surface area contributed by atoms with Gasteiger partial charge in [0.05, 0.1) is 34.4 Å². The molecular formula is C38H44N8O6. The highest BCUT2D eigenvalue weighted by molar-refractivity contribution is 5.87. The van der Waals surface area contributed by atoms with Crippen molar-refractivity contribution in [1.82, 2.24) is 40.4 Å². The van der Waals surface area contributed by atoms with E-state index in [0.29, 0.717) is 73.9 Å². The highest BCUT2D eigenvalue weighted by Gasteiger charge is 2.50. The zero-order valence-corrected chi connectivity index (χ0v) is 29.8. The van der Waals surface area contributed by atoms with Gasteiger partial charge in [-0.3, -0.25) is 9.59 Å². The minimum Gasteiger partial charge on any atom is -0.493 e. The van der Waals surface area contributed by atoms with Crippen LogP contribution in [0.25, 0.3) is 0 Å². The number of fused-ring (bicyclic) bond motifs is 1. The number of piperazine rings is 2. The molecule has 2 aromatic carbocycles. The van der Waals surface area contributed by atoms with E-state index in [4.69, 9.17) is 18.9 Å². The number of carbonyl (C=O) groups excluding carboxylic acids is 2. The summed E-state index contributed by atoms with van der Waals surface area (Å²) in [6.07, 6.45) is 6.84. The average Bonchev–Trinajstić information content (AvgIpc) is 3.52. The van der Waals surface area contributed by atoms with Crippen LogP contribution in [0.15, 0.2) is 67.3 Å². The Bertz CT molecular complexity index is 1880. The zero-order valence-electron chi connectivity index (χ0n) is 29.8. The van der Waals surface area contributed by atoms with Gasteiger partial charge in [0.25, 0.3) is 0 Å². The molecule has 4 aromatic rings. The molecule has 272 valence electrons. The van der Waals surface area contributed by atoms with Crippen molar-refractivity contribution in [2.45, 2.75) is 30.3 Å². The first-order valence-corrected chi connectivity index (χ1v) is 17.5. The summed E-state index contributed by atoms with van der Waals surface area (Å²) in [4.78, 5) is 51.9. The normalized spacial score (nSPS) is 22.7. The SMILES string of the molecule is COc1ccc(C2c3cc(OC)c(OC)cc3C(CC(=O)N3CCNCC3c3ncccn3)C2C(=O)N2CCNCC2c2ncccn2)cc1OC. The first-order chi connectivity index (χ1) is 25.5. The quantitative estimate of drug-likeness (QED) is 0.249. The number of benzene rings is 2. The summed E-state index contributed by atoms with van der Waals surface area (Å²) in [5.41, 5.74) is 2.58. The molecule has 0 saturated carbocycles. The van der Waals surface area contributed by atoms with Gasteiger partial charge in [-0.25, -0.2) is 19.9 Å². The second-order valence-electron chi connectivity index (χ2n) is 13.0. The molecule has 2 fully saturated rings. The number of hydrogen-bond donors (Lipinski definition) is 2. The molecule has 5 unspecified atom stereocenters. The van der Waals surface area contributed by atoms with Crippen molar-refractivity contribution in [1.29, 1.82) is 0 Å². The molecule has 1 aliphatic carbocycles. The van der Waals surface area contributed by atoms with Gasteiger partial charge in [-0.1, -0.05) is 6.07 Å². The lowest BCUT2D eigenvalue weighted by molar-refractivity contribution is -0.141. The van der Waals surface area contributed by atoms with Crippen LogP contribution in [0, 0.1) is 5.92 Å². The topological polar surface area (TPSA) is 153 Å². The van der Waals surface area contributed by atoms with Gasteiger partial charge >= 0.3 is 0 Å². The lowest BCUT2D eigenvalue weighted by Gasteiger charge is -2.40. The van der Waals surface area contributed by atoms with Crippen LogP contribution >= 0.6 is 0 Å². The summed E-state index contributed by atoms with van der Waals surface area (Å²) in [6, 6.07) is 12.4. The Labute approximate surface area is 302 Å². The molecule has 2 N–H and O–H groups in total. The highest BCUT2D eigenvalue weighted by atomic mass is 16.5. The van der Waals surface area contributed by atoms with Crippen LogP contribution in [0.5, 0.6) is 23.0 Å². The van der Waals surface area contributed by atoms with Crippen molar-refractivity contribution < 1.29 is 28.5 Å². The predicted octanol–water partition coefficient (Wildman–Crippen LogP) is 2.88. The molecule has 7 rings (SSSR count). The molecule has 2 saturated heterocycles. The fraction of sp³-hybridized carbons (Fsp3) is 0.421. The number of nitrogens with zero attached hydrogens (tertiary/aromatic N) is 6. The van der Waals surface area contributed by atoms with Crippen molar-refractivity contribution in [3.8, 4) is 23.0 Å². The Morgan fingerprint density at radius 1 is 0.692 bits per heavy atom. The number of nitrogens with one attached hydrogen (secondary N) is 2. The Morgan fingerprint density at radius 3 is 1.79 bits per heavy atom. The summed E-state index contributed by atoms with van der Waals surface area (Å²) in [5, 5.41) is 6.81. The van der Waals surface area contributed by atoms with E-state index in [0.717, 1.165) is 16.7 Å². The Balaban J connectivity index is 1.37. The van der Waals surface area contributed by atoms with Crippen molar-refractivity contribution in [3.05, 3.63) is 95.6 Å². The first kappa shape index (κ1) is 35.1. The lowest BCUT2D eigenvalue weighted by Crippen LogP contribution is -2.52. The van der Waals surface area contributed by atoms with Gasteiger partial charge in [0.1, 0.15) is 12.1 Å². The number of methoxy groups -OCH3 is 4. The predicted molar refractivity (Wildman–Crippen MR) is 190 cm³/mol. The van der Waals surface area contributed by atoms with Gasteiger partial charge in [0.15, 0.2) is 34.6 Å². The molecule has 52 heavy (non-hydrogen) atoms. The third-order valence-corrected chi connectivity index (χ3v) is 10.4. The fourth-order valence-corrected chi connectivity index (χ4v) is 8.00. The maximum atomic E-state index is 15.4. The first-order valence-electron chi connectivity index (χ1n) is 17.5. The standard InChI is InChI=1S/C38H44N8O6/c1-49-29-8-7-23(17-30(29)50-2)34-25-19-32(52-4)31(51-3)18-24(25)26(20-33(47)45-15-13-39-21-27(45)36-41-9-5-10-42-36)35(34)38(48)46-16-14-40-22-28(46)37-43-11-6-12-44-37/h5-12,17-19,26-28,34-35,39-40H,13-16,20-22H2,1-4H3. The lowest BCUT2D eigenvalue weighted by atomic mass is 9.79. The summed E-state index contributed by atoms with van der Waals surface area (Å²) >= 11 is 0. The van der Waals surface area contributed by atoms with Gasteiger partial charge in [0.2, 0.25) is 11.8 Å². The maximum Gasteiger partial charge on any atom is 0.227 e. The van der Waals surface area contributed by atoms with E-state index < -0.39 is 23.8 Å². The number of carbonyl (C=O) groups is 2. The number of rotatable bonds is 10. The fourth-order valence-electron chi connectivity index (χ4n) is 8.00. The molecule has 14 heteroatoms. The van der Waals surface area contributed by atoms with Crippen LogP contribution < -0.4 is 29.6 Å². The zero-order chi connectivity index (χ0) is 36.2. The summed E-state index contributed by atoms with van der Waals surface area (Å²) in [6.45, 7) is 3.21. The van der Waals surface area contributed by atoms with Gasteiger partial charge in [-0.2, -0.15) is 0 Å². The van der Waals surface area contributed by atoms with Crippen LogP contribution in [0.3, 0.4) is 0 Å². The molecule has 2 aromatic heterocycles. The Kier molecular flexibility index (Phi) is 10.5. The Morgan fingerprint density at radius 2 is 1.21 bits per heavy atom. The number of amides is 2. The number of ether oxygens (including phenoxy) is 4. The van der Waals surface area contributed by atoms with E-state index in [1.54, 1.807) is 65.4 Å². The minimum atomic E-state index is -0.687. The molecule has 2 amide bonds. The molecule has 0 bridgehead atoms. The summed E-state index contributed by atoms with van der Waals surface area (Å²) in [7, 11) is 6.36. The van der Waals surface area contributed by atoms with Crippen LogP contribution in [-0.2, 0) is 9.59 Å². The van der Waals surface area contributed by atoms with Crippen LogP contribution in [-0.4, -0.2) is 109 Å². The summed E-state index contributed by atoms with van der Waals surface area (Å²) < 4.78 is 22.9. The summed E-state index contributed by atoms with van der Waals surface area (Å²) in [5.74, 6) is 1.45. The van der Waals surface area contributed by atoms with E-state index in [1.807, 2.05) is 40.1 Å². The second kappa shape index (κ2) is 15.5. The van der Waals surface area contributed by atoms with Crippen LogP contribution in [0.1, 0.15) is 58.7 Å². The molecule has 5 atom stereocenters. The average molecular weight is 709 g/mol. The minimum absolute atomic E-state index is 0.0740. The van der Waals surface area contributed by atoms with Gasteiger partial charge in [-0.15, -0.1) is 0 Å². The Hall–Kier alpha value is -5.34. The van der Waals surface area contributed by atoms with Crippen molar-refractivity contribution in [3.63, 3.8) is 0 Å². The van der Waals surface area contributed by atoms with Crippen LogP contribution in [0.4, 0.5) is 0 Å². The second-order valence-corrected chi connectivity index (χ2v) is 13.0. The van der Waals surface area contributed by atoms with Crippen molar-refractivity contribution >= 4 is 11.8 Å². The smallest absolute Gasteiger partial charge is 0.227 e. The van der Waals surface area contributed by atoms with Crippen molar-refractivity contribution in [2.75, 3.05) is 67.7 Å². The van der Waals surface area contributed by atoms with E-state index in [2.05, 4.69) is 30.6 Å². The highest BCUT2D eigenvalue weighted by Crippen LogP contribution is 2.55. The number of aromatic nitrogens is 4. The maximum absolute atomic E-state index is 15.4.